The van der Waals surface area contributed by atoms with Gasteiger partial charge in [-0.3, -0.25) is 0 Å². The van der Waals surface area contributed by atoms with Crippen LogP contribution in [0.15, 0.2) is 72.8 Å². The fraction of sp³-hybridized carbons (Fsp3) is 0.0870. The summed E-state index contributed by atoms with van der Waals surface area (Å²) >= 11 is 0. The Kier molecular flexibility index (Phi) is 4.05. The zero-order valence-corrected chi connectivity index (χ0v) is 14.4. The summed E-state index contributed by atoms with van der Waals surface area (Å²) in [4.78, 5) is 12.4. The second-order valence-corrected chi connectivity index (χ2v) is 6.15. The third kappa shape index (κ3) is 2.68. The van der Waals surface area contributed by atoms with E-state index in [0.717, 1.165) is 27.3 Å². The number of ether oxygens (including phenoxy) is 1. The fourth-order valence-electron chi connectivity index (χ4n) is 3.32. The van der Waals surface area contributed by atoms with Gasteiger partial charge >= 0.3 is 5.97 Å². The van der Waals surface area contributed by atoms with E-state index in [1.54, 1.807) is 13.0 Å². The molecule has 0 saturated carbocycles. The number of rotatable bonds is 3. The number of benzene rings is 4. The van der Waals surface area contributed by atoms with Gasteiger partial charge in [0.05, 0.1) is 6.61 Å². The number of phenolic OH excluding ortho intramolecular Hbond substituents is 1. The van der Waals surface area contributed by atoms with E-state index in [4.69, 9.17) is 4.74 Å². The van der Waals surface area contributed by atoms with Gasteiger partial charge in [0.1, 0.15) is 11.3 Å². The Balaban J connectivity index is 2.10. The maximum Gasteiger partial charge on any atom is 0.341 e. The van der Waals surface area contributed by atoms with Crippen molar-refractivity contribution >= 4 is 27.5 Å². The van der Waals surface area contributed by atoms with Crippen LogP contribution in [0.5, 0.6) is 5.75 Å². The molecule has 0 unspecified atom stereocenters. The predicted molar refractivity (Wildman–Crippen MR) is 105 cm³/mol. The molecule has 0 heterocycles. The predicted octanol–water partition coefficient (Wildman–Crippen LogP) is 5.54. The van der Waals surface area contributed by atoms with E-state index in [2.05, 4.69) is 6.07 Å². The molecule has 0 aromatic heterocycles. The standard InChI is InChI=1S/C23H18O3/c1-2-26-23(25)21-14-18(15-8-4-3-5-9-15)19-12-16-10-6-7-11-17(16)13-20(19)22(21)24/h3-14,24H,2H2,1H3. The van der Waals surface area contributed by atoms with Crippen LogP contribution in [0.3, 0.4) is 0 Å². The van der Waals surface area contributed by atoms with Gasteiger partial charge in [-0.2, -0.15) is 0 Å². The molecule has 0 bridgehead atoms. The van der Waals surface area contributed by atoms with Crippen molar-refractivity contribution < 1.29 is 14.6 Å². The second-order valence-electron chi connectivity index (χ2n) is 6.15. The lowest BCUT2D eigenvalue weighted by molar-refractivity contribution is 0.0523. The zero-order valence-electron chi connectivity index (χ0n) is 14.4. The number of aromatic hydroxyl groups is 1. The number of esters is 1. The van der Waals surface area contributed by atoms with Crippen LogP contribution in [-0.4, -0.2) is 17.7 Å². The normalized spacial score (nSPS) is 11.0. The van der Waals surface area contributed by atoms with Gasteiger partial charge in [-0.1, -0.05) is 54.6 Å². The Morgan fingerprint density at radius 1 is 0.885 bits per heavy atom. The average molecular weight is 342 g/mol. The average Bonchev–Trinajstić information content (AvgIpc) is 2.68. The molecule has 3 nitrogen and oxygen atoms in total. The van der Waals surface area contributed by atoms with Gasteiger partial charge < -0.3 is 9.84 Å². The van der Waals surface area contributed by atoms with Gasteiger partial charge in [0.25, 0.3) is 0 Å². The maximum atomic E-state index is 12.4. The molecule has 4 aromatic carbocycles. The van der Waals surface area contributed by atoms with Gasteiger partial charge in [0.15, 0.2) is 0 Å². The number of fused-ring (bicyclic) bond motifs is 2. The largest absolute Gasteiger partial charge is 0.506 e. The van der Waals surface area contributed by atoms with E-state index in [9.17, 15) is 9.90 Å². The summed E-state index contributed by atoms with van der Waals surface area (Å²) in [6, 6.07) is 23.5. The summed E-state index contributed by atoms with van der Waals surface area (Å²) in [6.45, 7) is 2.01. The molecule has 0 radical (unpaired) electrons. The minimum absolute atomic E-state index is 0.0381. The lowest BCUT2D eigenvalue weighted by atomic mass is 9.92. The zero-order chi connectivity index (χ0) is 18.1. The van der Waals surface area contributed by atoms with Gasteiger partial charge in [0, 0.05) is 5.39 Å². The maximum absolute atomic E-state index is 12.4. The van der Waals surface area contributed by atoms with E-state index in [1.165, 1.54) is 0 Å². The smallest absolute Gasteiger partial charge is 0.341 e. The second kappa shape index (κ2) is 6.52. The van der Waals surface area contributed by atoms with Gasteiger partial charge in [0.2, 0.25) is 0 Å². The van der Waals surface area contributed by atoms with E-state index in [1.807, 2.05) is 60.7 Å². The minimum Gasteiger partial charge on any atom is -0.506 e. The van der Waals surface area contributed by atoms with Crippen molar-refractivity contribution in [3.05, 3.63) is 78.4 Å². The van der Waals surface area contributed by atoms with Crippen molar-refractivity contribution in [2.75, 3.05) is 6.61 Å². The summed E-state index contributed by atoms with van der Waals surface area (Å²) in [7, 11) is 0. The summed E-state index contributed by atoms with van der Waals surface area (Å²) < 4.78 is 5.14. The van der Waals surface area contributed by atoms with Crippen LogP contribution in [0.1, 0.15) is 17.3 Å². The van der Waals surface area contributed by atoms with Gasteiger partial charge in [-0.05, 0) is 52.4 Å². The molecule has 0 amide bonds. The number of carbonyl (C=O) groups excluding carboxylic acids is 1. The first-order chi connectivity index (χ1) is 12.7. The van der Waals surface area contributed by atoms with E-state index < -0.39 is 5.97 Å². The Bertz CT molecular complexity index is 1110. The molecule has 4 aromatic rings. The van der Waals surface area contributed by atoms with E-state index in [0.29, 0.717) is 5.39 Å². The van der Waals surface area contributed by atoms with Crippen LogP contribution in [0, 0.1) is 0 Å². The molecular weight excluding hydrogens is 324 g/mol. The highest BCUT2D eigenvalue weighted by Crippen LogP contribution is 2.39. The summed E-state index contributed by atoms with van der Waals surface area (Å²) in [5.74, 6) is -0.555. The molecule has 0 spiro atoms. The molecule has 128 valence electrons. The number of hydrogen-bond donors (Lipinski definition) is 1. The Hall–Kier alpha value is -3.33. The molecule has 0 atom stereocenters. The first-order valence-corrected chi connectivity index (χ1v) is 8.60. The van der Waals surface area contributed by atoms with Crippen LogP contribution in [0.4, 0.5) is 0 Å². The van der Waals surface area contributed by atoms with Crippen LogP contribution in [0.2, 0.25) is 0 Å². The number of phenols is 1. The van der Waals surface area contributed by atoms with Crippen LogP contribution in [-0.2, 0) is 4.74 Å². The molecule has 0 saturated heterocycles. The molecule has 0 aliphatic rings. The Labute approximate surface area is 151 Å². The highest BCUT2D eigenvalue weighted by Gasteiger charge is 2.19. The topological polar surface area (TPSA) is 46.5 Å². The number of hydrogen-bond acceptors (Lipinski definition) is 3. The monoisotopic (exact) mass is 342 g/mol. The lowest BCUT2D eigenvalue weighted by Crippen LogP contribution is -2.05. The minimum atomic E-state index is -0.516. The molecule has 4 rings (SSSR count). The molecule has 1 N–H and O–H groups in total. The fourth-order valence-corrected chi connectivity index (χ4v) is 3.32. The molecule has 0 aliphatic carbocycles. The summed E-state index contributed by atoms with van der Waals surface area (Å²) in [5, 5.41) is 14.4. The van der Waals surface area contributed by atoms with Gasteiger partial charge in [-0.25, -0.2) is 4.79 Å². The molecule has 26 heavy (non-hydrogen) atoms. The highest BCUT2D eigenvalue weighted by atomic mass is 16.5. The van der Waals surface area contributed by atoms with Crippen molar-refractivity contribution in [2.24, 2.45) is 0 Å². The Morgan fingerprint density at radius 3 is 2.15 bits per heavy atom. The number of carbonyl (C=O) groups is 1. The molecule has 3 heteroatoms. The highest BCUT2D eigenvalue weighted by molar-refractivity contribution is 6.11. The first kappa shape index (κ1) is 16.2. The van der Waals surface area contributed by atoms with E-state index in [-0.39, 0.29) is 17.9 Å². The first-order valence-electron chi connectivity index (χ1n) is 8.60. The van der Waals surface area contributed by atoms with Crippen LogP contribution in [0.25, 0.3) is 32.7 Å². The molecule has 0 aliphatic heterocycles. The third-order valence-corrected chi connectivity index (χ3v) is 4.56. The quantitative estimate of drug-likeness (QED) is 0.393. The van der Waals surface area contributed by atoms with Crippen molar-refractivity contribution in [2.45, 2.75) is 6.92 Å². The van der Waals surface area contributed by atoms with Crippen molar-refractivity contribution in [1.82, 2.24) is 0 Å². The van der Waals surface area contributed by atoms with Crippen LogP contribution >= 0.6 is 0 Å². The SMILES string of the molecule is CCOC(=O)c1cc(-c2ccccc2)c2cc3ccccc3cc2c1O. The van der Waals surface area contributed by atoms with E-state index >= 15 is 0 Å². The lowest BCUT2D eigenvalue weighted by Gasteiger charge is -2.14. The van der Waals surface area contributed by atoms with Gasteiger partial charge in [-0.15, -0.1) is 0 Å². The van der Waals surface area contributed by atoms with Crippen molar-refractivity contribution in [3.8, 4) is 16.9 Å². The summed E-state index contributed by atoms with van der Waals surface area (Å²) in [6.07, 6.45) is 0. The Morgan fingerprint density at radius 2 is 1.50 bits per heavy atom. The molecule has 0 fully saturated rings. The summed E-state index contributed by atoms with van der Waals surface area (Å²) in [5.41, 5.74) is 2.07. The third-order valence-electron chi connectivity index (χ3n) is 4.56. The molecular formula is C23H18O3. The van der Waals surface area contributed by atoms with Crippen LogP contribution < -0.4 is 0 Å². The van der Waals surface area contributed by atoms with Crippen molar-refractivity contribution in [3.63, 3.8) is 0 Å². The van der Waals surface area contributed by atoms with Crippen molar-refractivity contribution in [1.29, 1.82) is 0 Å².